The van der Waals surface area contributed by atoms with Crippen molar-refractivity contribution in [3.63, 3.8) is 0 Å². The molecule has 4 fully saturated rings. The molecular weight excluding hydrogens is 252 g/mol. The fourth-order valence-corrected chi connectivity index (χ4v) is 5.21. The van der Waals surface area contributed by atoms with Crippen LogP contribution in [0.3, 0.4) is 0 Å². The van der Waals surface area contributed by atoms with Gasteiger partial charge in [-0.15, -0.1) is 0 Å². The van der Waals surface area contributed by atoms with E-state index in [1.54, 1.807) is 0 Å². The zero-order valence-electron chi connectivity index (χ0n) is 11.6. The van der Waals surface area contributed by atoms with E-state index in [2.05, 4.69) is 4.98 Å². The molecule has 0 aromatic carbocycles. The first-order chi connectivity index (χ1) is 9.67. The average molecular weight is 272 g/mol. The minimum atomic E-state index is 0.246. The maximum atomic E-state index is 8.87. The van der Waals surface area contributed by atoms with Crippen LogP contribution in [-0.2, 0) is 0 Å². The monoisotopic (exact) mass is 272 g/mol. The summed E-state index contributed by atoms with van der Waals surface area (Å²) in [5, 5.41) is 8.87. The molecule has 5 rings (SSSR count). The number of imidazole rings is 1. The number of hydrogen-bond donors (Lipinski definition) is 1. The third kappa shape index (κ3) is 1.78. The van der Waals surface area contributed by atoms with Gasteiger partial charge in [-0.25, -0.2) is 4.98 Å². The van der Waals surface area contributed by atoms with E-state index in [0.717, 1.165) is 17.8 Å². The van der Waals surface area contributed by atoms with E-state index in [9.17, 15) is 0 Å². The zero-order chi connectivity index (χ0) is 13.7. The lowest BCUT2D eigenvalue weighted by molar-refractivity contribution is -0.0974. The van der Waals surface area contributed by atoms with E-state index in [0.29, 0.717) is 17.8 Å². The number of anilines is 1. The lowest BCUT2D eigenvalue weighted by Gasteiger charge is -2.56. The fourth-order valence-electron chi connectivity index (χ4n) is 5.21. The molecule has 0 saturated heterocycles. The quantitative estimate of drug-likeness (QED) is 0.912. The van der Waals surface area contributed by atoms with Crippen LogP contribution >= 0.6 is 0 Å². The largest absolute Gasteiger partial charge is 0.410 e. The molecule has 0 amide bonds. The average Bonchev–Trinajstić information content (AvgIpc) is 2.75. The molecule has 4 aliphatic carbocycles. The van der Waals surface area contributed by atoms with Crippen molar-refractivity contribution in [2.75, 3.05) is 12.3 Å². The highest BCUT2D eigenvalue weighted by Crippen LogP contribution is 2.59. The van der Waals surface area contributed by atoms with Crippen LogP contribution in [0, 0.1) is 34.5 Å². The SMILES string of the molecule is N#Cc1ncn(OCC23CC4CC(CC(C4)C2)C3)c1N. The molecule has 5 heteroatoms. The number of rotatable bonds is 3. The first-order valence-corrected chi connectivity index (χ1v) is 7.54. The van der Waals surface area contributed by atoms with E-state index < -0.39 is 0 Å². The molecule has 4 bridgehead atoms. The second kappa shape index (κ2) is 4.15. The Kier molecular flexibility index (Phi) is 2.50. The van der Waals surface area contributed by atoms with Crippen LogP contribution in [0.2, 0.25) is 0 Å². The van der Waals surface area contributed by atoms with Gasteiger partial charge in [0.25, 0.3) is 0 Å². The molecule has 0 radical (unpaired) electrons. The van der Waals surface area contributed by atoms with E-state index in [1.807, 2.05) is 6.07 Å². The number of nitrogen functional groups attached to an aromatic ring is 1. The third-order valence-electron chi connectivity index (χ3n) is 5.55. The summed E-state index contributed by atoms with van der Waals surface area (Å²) < 4.78 is 1.47. The normalized spacial score (nSPS) is 37.9. The van der Waals surface area contributed by atoms with Gasteiger partial charge < -0.3 is 10.6 Å². The maximum Gasteiger partial charge on any atom is 0.185 e. The maximum absolute atomic E-state index is 8.87. The molecular formula is C15H20N4O. The van der Waals surface area contributed by atoms with E-state index in [4.69, 9.17) is 15.8 Å². The number of nitrogens with zero attached hydrogens (tertiary/aromatic N) is 3. The summed E-state index contributed by atoms with van der Waals surface area (Å²) in [6, 6.07) is 1.97. The molecule has 0 unspecified atom stereocenters. The standard InChI is InChI=1S/C15H20N4O/c16-7-13-14(17)19(9-18-13)20-8-15-4-10-1-11(5-15)3-12(2-10)6-15/h9-12H,1-6,8,17H2. The fraction of sp³-hybridized carbons (Fsp3) is 0.733. The van der Waals surface area contributed by atoms with Crippen molar-refractivity contribution in [2.45, 2.75) is 38.5 Å². The first-order valence-electron chi connectivity index (χ1n) is 7.54. The van der Waals surface area contributed by atoms with E-state index in [-0.39, 0.29) is 5.69 Å². The molecule has 5 nitrogen and oxygen atoms in total. The second-order valence-electron chi connectivity index (χ2n) is 7.11. The molecule has 0 spiro atoms. The third-order valence-corrected chi connectivity index (χ3v) is 5.55. The van der Waals surface area contributed by atoms with Crippen LogP contribution in [0.15, 0.2) is 6.33 Å². The van der Waals surface area contributed by atoms with Crippen molar-refractivity contribution in [1.82, 2.24) is 9.71 Å². The van der Waals surface area contributed by atoms with Crippen LogP contribution < -0.4 is 10.6 Å². The number of nitrogens with two attached hydrogens (primary N) is 1. The molecule has 4 aliphatic rings. The smallest absolute Gasteiger partial charge is 0.185 e. The lowest BCUT2D eigenvalue weighted by atomic mass is 9.50. The van der Waals surface area contributed by atoms with Gasteiger partial charge in [-0.3, -0.25) is 0 Å². The van der Waals surface area contributed by atoms with Crippen LogP contribution in [0.4, 0.5) is 5.82 Å². The summed E-state index contributed by atoms with van der Waals surface area (Å²) in [6.45, 7) is 0.710. The summed E-state index contributed by atoms with van der Waals surface area (Å²) in [4.78, 5) is 9.83. The Hall–Kier alpha value is -1.70. The Bertz CT molecular complexity index is 536. The van der Waals surface area contributed by atoms with Gasteiger partial charge in [0.1, 0.15) is 19.0 Å². The van der Waals surface area contributed by atoms with Crippen LogP contribution in [-0.4, -0.2) is 16.3 Å². The number of nitriles is 1. The molecule has 4 saturated carbocycles. The van der Waals surface area contributed by atoms with E-state index >= 15 is 0 Å². The molecule has 0 atom stereocenters. The number of aromatic nitrogens is 2. The lowest BCUT2D eigenvalue weighted by Crippen LogP contribution is -2.49. The highest BCUT2D eigenvalue weighted by molar-refractivity contribution is 5.43. The van der Waals surface area contributed by atoms with Gasteiger partial charge in [0.15, 0.2) is 11.5 Å². The van der Waals surface area contributed by atoms with Gasteiger partial charge in [0, 0.05) is 5.41 Å². The Morgan fingerprint density at radius 1 is 1.30 bits per heavy atom. The second-order valence-corrected chi connectivity index (χ2v) is 7.11. The molecule has 1 aromatic heterocycles. The summed E-state index contributed by atoms with van der Waals surface area (Å²) >= 11 is 0. The predicted octanol–water partition coefficient (Wildman–Crippen LogP) is 1.98. The molecule has 106 valence electrons. The van der Waals surface area contributed by atoms with Gasteiger partial charge in [-0.05, 0) is 56.3 Å². The van der Waals surface area contributed by atoms with Crippen LogP contribution in [0.25, 0.3) is 0 Å². The van der Waals surface area contributed by atoms with Crippen molar-refractivity contribution in [3.05, 3.63) is 12.0 Å². The van der Waals surface area contributed by atoms with E-state index in [1.165, 1.54) is 49.6 Å². The van der Waals surface area contributed by atoms with Crippen molar-refractivity contribution in [3.8, 4) is 6.07 Å². The van der Waals surface area contributed by atoms with Gasteiger partial charge >= 0.3 is 0 Å². The van der Waals surface area contributed by atoms with Crippen LogP contribution in [0.5, 0.6) is 0 Å². The minimum absolute atomic E-state index is 0.246. The Balaban J connectivity index is 1.49. The Labute approximate surface area is 118 Å². The van der Waals surface area contributed by atoms with Crippen molar-refractivity contribution in [1.29, 1.82) is 5.26 Å². The Morgan fingerprint density at radius 3 is 2.40 bits per heavy atom. The van der Waals surface area contributed by atoms with Crippen molar-refractivity contribution >= 4 is 5.82 Å². The number of hydrogen-bond acceptors (Lipinski definition) is 4. The molecule has 1 aromatic rings. The van der Waals surface area contributed by atoms with Crippen LogP contribution in [0.1, 0.15) is 44.2 Å². The van der Waals surface area contributed by atoms with Crippen molar-refractivity contribution < 1.29 is 4.84 Å². The predicted molar refractivity (Wildman–Crippen MR) is 73.4 cm³/mol. The highest BCUT2D eigenvalue weighted by atomic mass is 16.7. The van der Waals surface area contributed by atoms with Crippen molar-refractivity contribution in [2.24, 2.45) is 23.2 Å². The molecule has 2 N–H and O–H groups in total. The topological polar surface area (TPSA) is 76.9 Å². The summed E-state index contributed by atoms with van der Waals surface area (Å²) in [7, 11) is 0. The minimum Gasteiger partial charge on any atom is -0.410 e. The Morgan fingerprint density at radius 2 is 1.90 bits per heavy atom. The molecule has 1 heterocycles. The van der Waals surface area contributed by atoms with Gasteiger partial charge in [-0.1, -0.05) is 0 Å². The van der Waals surface area contributed by atoms with Gasteiger partial charge in [-0.2, -0.15) is 9.99 Å². The summed E-state index contributed by atoms with van der Waals surface area (Å²) in [5.74, 6) is 3.07. The molecule has 0 aliphatic heterocycles. The highest BCUT2D eigenvalue weighted by Gasteiger charge is 2.51. The first kappa shape index (κ1) is 12.1. The van der Waals surface area contributed by atoms with Gasteiger partial charge in [0.05, 0.1) is 0 Å². The zero-order valence-corrected chi connectivity index (χ0v) is 11.6. The summed E-state index contributed by atoms with van der Waals surface area (Å²) in [5.41, 5.74) is 6.44. The van der Waals surface area contributed by atoms with Gasteiger partial charge in [0.2, 0.25) is 0 Å². The molecule has 20 heavy (non-hydrogen) atoms. The summed E-state index contributed by atoms with van der Waals surface area (Å²) in [6.07, 6.45) is 9.73.